The number of likely N-dealkylation sites (N-methyl/N-ethyl adjacent to an activating group) is 1. The monoisotopic (exact) mass is 275 g/mol. The largest absolute Gasteiger partial charge is 0.376 e. The first-order valence-corrected chi connectivity index (χ1v) is 8.09. The predicted octanol–water partition coefficient (Wildman–Crippen LogP) is 4.12. The molecule has 3 heteroatoms. The molecule has 1 aromatic carbocycles. The molecule has 0 saturated carbocycles. The van der Waals surface area contributed by atoms with Gasteiger partial charge in [-0.15, -0.1) is 11.3 Å². The van der Waals surface area contributed by atoms with E-state index < -0.39 is 0 Å². The molecule has 2 aromatic rings. The van der Waals surface area contributed by atoms with Crippen molar-refractivity contribution in [3.63, 3.8) is 0 Å². The molecule has 1 aliphatic rings. The summed E-state index contributed by atoms with van der Waals surface area (Å²) in [6.07, 6.45) is 3.98. The molecule has 0 spiro atoms. The summed E-state index contributed by atoms with van der Waals surface area (Å²) >= 11 is 1.84. The minimum atomic E-state index is 0.321. The molecule has 1 aliphatic heterocycles. The molecule has 1 fully saturated rings. The highest BCUT2D eigenvalue weighted by atomic mass is 32.1. The summed E-state index contributed by atoms with van der Waals surface area (Å²) in [5.74, 6) is 0. The van der Waals surface area contributed by atoms with E-state index in [-0.39, 0.29) is 0 Å². The summed E-state index contributed by atoms with van der Waals surface area (Å²) in [6.45, 7) is 4.06. The average molecular weight is 275 g/mol. The maximum Gasteiger partial charge on any atom is 0.0770 e. The maximum atomic E-state index is 6.01. The molecule has 2 unspecified atom stereocenters. The molecule has 0 aliphatic carbocycles. The fourth-order valence-electron chi connectivity index (χ4n) is 2.95. The Balaban J connectivity index is 1.96. The van der Waals surface area contributed by atoms with Crippen molar-refractivity contribution in [2.45, 2.75) is 38.3 Å². The number of nitrogens with one attached hydrogen (secondary N) is 1. The normalized spacial score (nSPS) is 21.6. The van der Waals surface area contributed by atoms with E-state index in [0.717, 1.165) is 13.2 Å². The number of benzene rings is 1. The van der Waals surface area contributed by atoms with Crippen molar-refractivity contribution in [1.82, 2.24) is 5.32 Å². The lowest BCUT2D eigenvalue weighted by molar-refractivity contribution is -0.00753. The molecule has 0 bridgehead atoms. The van der Waals surface area contributed by atoms with Crippen molar-refractivity contribution in [3.8, 4) is 0 Å². The smallest absolute Gasteiger partial charge is 0.0770 e. The van der Waals surface area contributed by atoms with Crippen LogP contribution in [0.4, 0.5) is 0 Å². The SMILES string of the molecule is CCNC(c1cccc2ccsc12)C1CCCCO1. The van der Waals surface area contributed by atoms with Crippen LogP contribution in [0.25, 0.3) is 10.1 Å². The molecule has 102 valence electrons. The molecule has 1 N–H and O–H groups in total. The zero-order chi connectivity index (χ0) is 13.1. The standard InChI is InChI=1S/C16H21NOS/c1-2-17-15(14-8-3-4-10-18-14)13-7-5-6-12-9-11-19-16(12)13/h5-7,9,11,14-15,17H,2-4,8,10H2,1H3. The number of fused-ring (bicyclic) bond motifs is 1. The van der Waals surface area contributed by atoms with Crippen LogP contribution >= 0.6 is 11.3 Å². The third-order valence-corrected chi connectivity index (χ3v) is 4.83. The first kappa shape index (κ1) is 13.1. The first-order chi connectivity index (χ1) is 9.40. The van der Waals surface area contributed by atoms with Crippen LogP contribution in [0.3, 0.4) is 0 Å². The van der Waals surface area contributed by atoms with Crippen molar-refractivity contribution >= 4 is 21.4 Å². The zero-order valence-electron chi connectivity index (χ0n) is 11.4. The molecule has 2 atom stereocenters. The van der Waals surface area contributed by atoms with Crippen LogP contribution in [-0.4, -0.2) is 19.3 Å². The van der Waals surface area contributed by atoms with Crippen LogP contribution < -0.4 is 5.32 Å². The highest BCUT2D eigenvalue weighted by molar-refractivity contribution is 7.17. The summed E-state index contributed by atoms with van der Waals surface area (Å²) < 4.78 is 7.42. The summed E-state index contributed by atoms with van der Waals surface area (Å²) in [5.41, 5.74) is 1.40. The van der Waals surface area contributed by atoms with Gasteiger partial charge in [0.25, 0.3) is 0 Å². The van der Waals surface area contributed by atoms with Gasteiger partial charge in [0.1, 0.15) is 0 Å². The van der Waals surface area contributed by atoms with E-state index in [4.69, 9.17) is 4.74 Å². The fourth-order valence-corrected chi connectivity index (χ4v) is 3.91. The Morgan fingerprint density at radius 2 is 2.32 bits per heavy atom. The Bertz CT molecular complexity index is 530. The molecule has 1 saturated heterocycles. The lowest BCUT2D eigenvalue weighted by Gasteiger charge is -2.31. The molecule has 2 nitrogen and oxygen atoms in total. The first-order valence-electron chi connectivity index (χ1n) is 7.21. The second kappa shape index (κ2) is 6.04. The molecule has 0 radical (unpaired) electrons. The molecule has 0 amide bonds. The van der Waals surface area contributed by atoms with E-state index in [1.54, 1.807) is 0 Å². The van der Waals surface area contributed by atoms with Crippen molar-refractivity contribution in [1.29, 1.82) is 0 Å². The van der Waals surface area contributed by atoms with Gasteiger partial charge in [-0.05, 0) is 48.2 Å². The van der Waals surface area contributed by atoms with E-state index in [1.807, 2.05) is 11.3 Å². The van der Waals surface area contributed by atoms with Gasteiger partial charge in [-0.25, -0.2) is 0 Å². The summed E-state index contributed by atoms with van der Waals surface area (Å²) in [4.78, 5) is 0. The molecular weight excluding hydrogens is 254 g/mol. The number of thiophene rings is 1. The zero-order valence-corrected chi connectivity index (χ0v) is 12.2. The summed E-state index contributed by atoms with van der Waals surface area (Å²) in [7, 11) is 0. The Labute approximate surface area is 118 Å². The second-order valence-electron chi connectivity index (χ2n) is 5.13. The highest BCUT2D eigenvalue weighted by Crippen LogP contribution is 2.33. The van der Waals surface area contributed by atoms with Gasteiger partial charge >= 0.3 is 0 Å². The highest BCUT2D eigenvalue weighted by Gasteiger charge is 2.26. The summed E-state index contributed by atoms with van der Waals surface area (Å²) in [6, 6.07) is 9.14. The Morgan fingerprint density at radius 1 is 1.37 bits per heavy atom. The van der Waals surface area contributed by atoms with Gasteiger partial charge in [0.15, 0.2) is 0 Å². The van der Waals surface area contributed by atoms with Crippen molar-refractivity contribution < 1.29 is 4.74 Å². The third kappa shape index (κ3) is 2.69. The molecular formula is C16H21NOS. The third-order valence-electron chi connectivity index (χ3n) is 3.86. The minimum absolute atomic E-state index is 0.321. The lowest BCUT2D eigenvalue weighted by atomic mass is 9.95. The van der Waals surface area contributed by atoms with Gasteiger partial charge in [-0.1, -0.05) is 25.1 Å². The second-order valence-corrected chi connectivity index (χ2v) is 6.04. The summed E-state index contributed by atoms with van der Waals surface area (Å²) in [5, 5.41) is 7.16. The topological polar surface area (TPSA) is 21.3 Å². The minimum Gasteiger partial charge on any atom is -0.376 e. The van der Waals surface area contributed by atoms with E-state index in [2.05, 4.69) is 41.9 Å². The van der Waals surface area contributed by atoms with Gasteiger partial charge in [-0.2, -0.15) is 0 Å². The number of hydrogen-bond donors (Lipinski definition) is 1. The van der Waals surface area contributed by atoms with Crippen LogP contribution in [0.5, 0.6) is 0 Å². The van der Waals surface area contributed by atoms with Crippen molar-refractivity contribution in [2.75, 3.05) is 13.2 Å². The van der Waals surface area contributed by atoms with Crippen molar-refractivity contribution in [3.05, 3.63) is 35.2 Å². The fraction of sp³-hybridized carbons (Fsp3) is 0.500. The van der Waals surface area contributed by atoms with E-state index >= 15 is 0 Å². The van der Waals surface area contributed by atoms with Gasteiger partial charge in [0.05, 0.1) is 12.1 Å². The van der Waals surface area contributed by atoms with Crippen LogP contribution in [0.2, 0.25) is 0 Å². The number of ether oxygens (including phenoxy) is 1. The quantitative estimate of drug-likeness (QED) is 0.906. The Kier molecular flexibility index (Phi) is 4.16. The van der Waals surface area contributed by atoms with Gasteiger partial charge in [0.2, 0.25) is 0 Å². The van der Waals surface area contributed by atoms with E-state index in [1.165, 1.54) is 34.9 Å². The van der Waals surface area contributed by atoms with E-state index in [9.17, 15) is 0 Å². The maximum absolute atomic E-state index is 6.01. The van der Waals surface area contributed by atoms with Crippen LogP contribution in [0, 0.1) is 0 Å². The molecule has 2 heterocycles. The van der Waals surface area contributed by atoms with Gasteiger partial charge in [0, 0.05) is 11.3 Å². The van der Waals surface area contributed by atoms with Crippen LogP contribution in [0.15, 0.2) is 29.6 Å². The lowest BCUT2D eigenvalue weighted by Crippen LogP contribution is -2.36. The van der Waals surface area contributed by atoms with Gasteiger partial charge < -0.3 is 10.1 Å². The Morgan fingerprint density at radius 3 is 3.11 bits per heavy atom. The van der Waals surface area contributed by atoms with Crippen LogP contribution in [-0.2, 0) is 4.74 Å². The molecule has 19 heavy (non-hydrogen) atoms. The van der Waals surface area contributed by atoms with Gasteiger partial charge in [-0.3, -0.25) is 0 Å². The molecule has 3 rings (SSSR count). The number of hydrogen-bond acceptors (Lipinski definition) is 3. The molecule has 1 aromatic heterocycles. The Hall–Kier alpha value is -0.900. The predicted molar refractivity (Wildman–Crippen MR) is 81.8 cm³/mol. The van der Waals surface area contributed by atoms with E-state index in [0.29, 0.717) is 12.1 Å². The average Bonchev–Trinajstić information content (AvgIpc) is 2.94. The van der Waals surface area contributed by atoms with Crippen LogP contribution in [0.1, 0.15) is 37.8 Å². The number of rotatable bonds is 4. The van der Waals surface area contributed by atoms with Crippen molar-refractivity contribution in [2.24, 2.45) is 0 Å².